The maximum atomic E-state index is 12.1. The average Bonchev–Trinajstić information content (AvgIpc) is 3.32. The van der Waals surface area contributed by atoms with E-state index in [1.807, 2.05) is 12.1 Å². The second-order valence-corrected chi connectivity index (χ2v) is 16.9. The van der Waals surface area contributed by atoms with E-state index < -0.39 is 0 Å². The monoisotopic (exact) mass is 602 g/mol. The fraction of sp³-hybridized carbons (Fsp3) is 0.684. The van der Waals surface area contributed by atoms with E-state index >= 15 is 0 Å². The van der Waals surface area contributed by atoms with E-state index in [-0.39, 0.29) is 27.8 Å². The molecule has 4 nitrogen and oxygen atoms in total. The van der Waals surface area contributed by atoms with Gasteiger partial charge in [-0.05, 0) is 151 Å². The first-order chi connectivity index (χ1) is 20.1. The molecule has 0 spiro atoms. The molecule has 43 heavy (non-hydrogen) atoms. The predicted molar refractivity (Wildman–Crippen MR) is 180 cm³/mol. The number of allylic oxidation sites excluding steroid dienone is 3. The third kappa shape index (κ3) is 4.26. The fourth-order valence-electron chi connectivity index (χ4n) is 12.6. The van der Waals surface area contributed by atoms with Crippen LogP contribution in [-0.2, 0) is 4.74 Å². The Kier molecular flexibility index (Phi) is 7.31. The Balaban J connectivity index is 1.35. The number of carbonyl (C=O) groups excluding carboxylic acids is 1. The Hall–Kier alpha value is -2.14. The molecule has 0 radical (unpaired) electrons. The molecular weight excluding hydrogens is 548 g/mol. The Morgan fingerprint density at radius 1 is 0.953 bits per heavy atom. The van der Waals surface area contributed by atoms with Crippen molar-refractivity contribution in [1.82, 2.24) is 5.32 Å². The van der Waals surface area contributed by atoms with Gasteiger partial charge in [0.15, 0.2) is 5.11 Å². The van der Waals surface area contributed by atoms with E-state index in [4.69, 9.17) is 22.7 Å². The van der Waals surface area contributed by atoms with Gasteiger partial charge in [-0.2, -0.15) is 0 Å². The number of carbonyl (C=O) groups is 1. The minimum Gasteiger partial charge on any atom is -0.465 e. The summed E-state index contributed by atoms with van der Waals surface area (Å²) in [6, 6.07) is 8.08. The van der Waals surface area contributed by atoms with E-state index in [1.54, 1.807) is 0 Å². The van der Waals surface area contributed by atoms with Crippen LogP contribution in [0.15, 0.2) is 42.5 Å². The van der Waals surface area contributed by atoms with Gasteiger partial charge >= 0.3 is 5.97 Å². The minimum atomic E-state index is -0.277. The van der Waals surface area contributed by atoms with Crippen LogP contribution >= 0.6 is 12.2 Å². The topological polar surface area (TPSA) is 64.3 Å². The maximum Gasteiger partial charge on any atom is 0.337 e. The van der Waals surface area contributed by atoms with Crippen molar-refractivity contribution in [3.8, 4) is 0 Å². The van der Waals surface area contributed by atoms with Crippen LogP contribution in [0, 0.1) is 51.2 Å². The van der Waals surface area contributed by atoms with Gasteiger partial charge < -0.3 is 15.8 Å². The van der Waals surface area contributed by atoms with Crippen molar-refractivity contribution in [3.63, 3.8) is 0 Å². The highest BCUT2D eigenvalue weighted by Gasteiger charge is 2.70. The normalized spacial score (nSPS) is 42.8. The first-order valence-electron chi connectivity index (χ1n) is 16.8. The second kappa shape index (κ2) is 10.2. The number of methoxy groups -OCH3 is 1. The molecule has 0 bridgehead atoms. The Morgan fingerprint density at radius 3 is 2.28 bits per heavy atom. The van der Waals surface area contributed by atoms with Gasteiger partial charge in [-0.25, -0.2) is 4.79 Å². The smallest absolute Gasteiger partial charge is 0.337 e. The highest BCUT2D eigenvalue weighted by atomic mass is 32.1. The van der Waals surface area contributed by atoms with Crippen LogP contribution in [0.1, 0.15) is 115 Å². The van der Waals surface area contributed by atoms with Crippen LogP contribution in [-0.4, -0.2) is 23.7 Å². The third-order valence-electron chi connectivity index (χ3n) is 14.6. The van der Waals surface area contributed by atoms with Crippen LogP contribution < -0.4 is 11.1 Å². The lowest BCUT2D eigenvalue weighted by molar-refractivity contribution is -0.218. The van der Waals surface area contributed by atoms with Gasteiger partial charge in [0.2, 0.25) is 0 Å². The second-order valence-electron chi connectivity index (χ2n) is 16.4. The van der Waals surface area contributed by atoms with Gasteiger partial charge in [-0.1, -0.05) is 65.0 Å². The summed E-state index contributed by atoms with van der Waals surface area (Å²) in [5, 5.41) is 4.18. The van der Waals surface area contributed by atoms with Crippen molar-refractivity contribution in [2.75, 3.05) is 7.11 Å². The molecule has 0 saturated heterocycles. The zero-order chi connectivity index (χ0) is 31.2. The molecule has 0 aliphatic heterocycles. The van der Waals surface area contributed by atoms with Gasteiger partial charge in [-0.15, -0.1) is 0 Å². The molecule has 3 unspecified atom stereocenters. The first kappa shape index (κ1) is 30.9. The van der Waals surface area contributed by atoms with Crippen molar-refractivity contribution in [3.05, 3.63) is 53.6 Å². The summed E-state index contributed by atoms with van der Waals surface area (Å²) in [5.41, 5.74) is 11.7. The lowest BCUT2D eigenvalue weighted by Gasteiger charge is -2.72. The number of fused-ring (bicyclic) bond motifs is 7. The summed E-state index contributed by atoms with van der Waals surface area (Å²) in [7, 11) is 1.44. The van der Waals surface area contributed by atoms with Crippen LogP contribution in [0.2, 0.25) is 0 Å². The summed E-state index contributed by atoms with van der Waals surface area (Å²) in [6.45, 7) is 19.8. The van der Waals surface area contributed by atoms with Crippen molar-refractivity contribution < 1.29 is 9.53 Å². The quantitative estimate of drug-likeness (QED) is 0.205. The molecule has 4 saturated carbocycles. The van der Waals surface area contributed by atoms with Crippen LogP contribution in [0.3, 0.4) is 0 Å². The van der Waals surface area contributed by atoms with Crippen LogP contribution in [0.25, 0.3) is 5.57 Å². The highest BCUT2D eigenvalue weighted by Crippen LogP contribution is 2.76. The third-order valence-corrected chi connectivity index (χ3v) is 14.7. The van der Waals surface area contributed by atoms with Crippen LogP contribution in [0.4, 0.5) is 0 Å². The number of ether oxygens (including phenoxy) is 1. The molecule has 5 aliphatic rings. The number of esters is 1. The standard InChI is InChI=1S/C38H54N2O2S/c1-23(2)26-15-20-38(40-33(39)43)22-21-36(6)28(31(26)38)13-14-30-35(5)18-16-27(24-9-11-25(12-10-24)32(41)42-8)34(3,4)29(35)17-19-37(30,36)7/h9-12,16,26,28-31H,1,13-15,17-22H2,2-8H3,(H3,39,40,43)/t26-,28+,29?,30?,31?,35-,36+,37+,38-/m0/s1. The van der Waals surface area contributed by atoms with Crippen molar-refractivity contribution >= 4 is 28.9 Å². The molecular formula is C38H54N2O2S. The number of nitrogens with two attached hydrogens (primary N) is 1. The van der Waals surface area contributed by atoms with Gasteiger partial charge in [0.1, 0.15) is 0 Å². The number of benzene rings is 1. The minimum absolute atomic E-state index is 0.0256. The number of hydrogen-bond donors (Lipinski definition) is 2. The molecule has 1 aromatic rings. The molecule has 5 aliphatic carbocycles. The van der Waals surface area contributed by atoms with Crippen molar-refractivity contribution in [1.29, 1.82) is 0 Å². The fourth-order valence-corrected chi connectivity index (χ4v) is 12.8. The zero-order valence-corrected chi connectivity index (χ0v) is 28.5. The Bertz CT molecular complexity index is 1360. The molecule has 5 heteroatoms. The summed E-state index contributed by atoms with van der Waals surface area (Å²) in [5.74, 6) is 2.79. The molecule has 0 amide bonds. The SMILES string of the molecule is C=C(C)[C@@H]1CC[C@]2(NC(N)=S)CC[C@]3(C)[C@H](CCC4[C@@]5(C)CC=C(c6ccc(C(=O)OC)cc6)C(C)(C)C5CC[C@]43C)C12. The molecule has 3 N–H and O–H groups in total. The lowest BCUT2D eigenvalue weighted by Crippen LogP contribution is -2.68. The summed E-state index contributed by atoms with van der Waals surface area (Å²) >= 11 is 5.47. The summed E-state index contributed by atoms with van der Waals surface area (Å²) in [6.07, 6.45) is 13.6. The zero-order valence-electron chi connectivity index (χ0n) is 27.6. The first-order valence-corrected chi connectivity index (χ1v) is 17.2. The van der Waals surface area contributed by atoms with Crippen molar-refractivity contribution in [2.45, 2.75) is 105 Å². The Morgan fingerprint density at radius 2 is 1.65 bits per heavy atom. The van der Waals surface area contributed by atoms with Gasteiger partial charge in [0.25, 0.3) is 0 Å². The van der Waals surface area contributed by atoms with E-state index in [9.17, 15) is 4.79 Å². The molecule has 0 aromatic heterocycles. The van der Waals surface area contributed by atoms with Crippen molar-refractivity contribution in [2.24, 2.45) is 57.0 Å². The average molecular weight is 603 g/mol. The molecule has 234 valence electrons. The van der Waals surface area contributed by atoms with Gasteiger partial charge in [0.05, 0.1) is 12.7 Å². The lowest BCUT2D eigenvalue weighted by atomic mass is 9.33. The molecule has 4 fully saturated rings. The summed E-state index contributed by atoms with van der Waals surface area (Å²) < 4.78 is 4.94. The molecule has 6 rings (SSSR count). The predicted octanol–water partition coefficient (Wildman–Crippen LogP) is 8.71. The molecule has 9 atom stereocenters. The largest absolute Gasteiger partial charge is 0.465 e. The number of nitrogens with one attached hydrogen (secondary N) is 1. The van der Waals surface area contributed by atoms with E-state index in [0.717, 1.165) is 19.3 Å². The maximum absolute atomic E-state index is 12.1. The van der Waals surface area contributed by atoms with E-state index in [1.165, 1.54) is 62.3 Å². The highest BCUT2D eigenvalue weighted by molar-refractivity contribution is 7.80. The van der Waals surface area contributed by atoms with Crippen LogP contribution in [0.5, 0.6) is 0 Å². The van der Waals surface area contributed by atoms with Gasteiger partial charge in [0, 0.05) is 5.54 Å². The Labute approximate surface area is 265 Å². The summed E-state index contributed by atoms with van der Waals surface area (Å²) in [4.78, 5) is 12.1. The number of thiocarbonyl (C=S) groups is 1. The number of rotatable bonds is 4. The molecule has 0 heterocycles. The van der Waals surface area contributed by atoms with Gasteiger partial charge in [-0.3, -0.25) is 0 Å². The van der Waals surface area contributed by atoms with E-state index in [0.29, 0.717) is 45.7 Å². The van der Waals surface area contributed by atoms with E-state index in [2.05, 4.69) is 71.6 Å². The molecule has 1 aromatic carbocycles. The number of hydrogen-bond acceptors (Lipinski definition) is 3.